The lowest BCUT2D eigenvalue weighted by molar-refractivity contribution is -0.149. The summed E-state index contributed by atoms with van der Waals surface area (Å²) < 4.78 is 0. The van der Waals surface area contributed by atoms with Crippen LogP contribution < -0.4 is 11.1 Å². The van der Waals surface area contributed by atoms with Crippen LogP contribution >= 0.6 is 0 Å². The zero-order chi connectivity index (χ0) is 13.8. The maximum atomic E-state index is 11.7. The van der Waals surface area contributed by atoms with Crippen molar-refractivity contribution in [3.8, 4) is 0 Å². The van der Waals surface area contributed by atoms with Gasteiger partial charge >= 0.3 is 5.97 Å². The molecule has 1 rings (SSSR count). The standard InChI is InChI=1S/C10H17N5O3/c1-3-10(4-2,8(17)18)5-12-7(16)6-13-9(11)15-14-6/h3-5H2,1-2H3,(H,12,16)(H,17,18)(H3,11,13,14,15). The number of anilines is 1. The van der Waals surface area contributed by atoms with E-state index in [9.17, 15) is 14.7 Å². The number of nitrogens with one attached hydrogen (secondary N) is 2. The number of aromatic amines is 1. The van der Waals surface area contributed by atoms with Crippen molar-refractivity contribution in [3.05, 3.63) is 5.82 Å². The molecule has 0 aliphatic rings. The monoisotopic (exact) mass is 255 g/mol. The predicted octanol–water partition coefficient (Wildman–Crippen LogP) is 0.00770. The Morgan fingerprint density at radius 2 is 2.06 bits per heavy atom. The molecule has 0 aliphatic carbocycles. The van der Waals surface area contributed by atoms with E-state index in [1.54, 1.807) is 13.8 Å². The molecule has 1 aromatic heterocycles. The number of carboxylic acid groups (broad SMARTS) is 1. The summed E-state index contributed by atoms with van der Waals surface area (Å²) >= 11 is 0. The highest BCUT2D eigenvalue weighted by Crippen LogP contribution is 2.25. The fraction of sp³-hybridized carbons (Fsp3) is 0.600. The number of aliphatic carboxylic acids is 1. The van der Waals surface area contributed by atoms with Gasteiger partial charge in [0, 0.05) is 6.54 Å². The van der Waals surface area contributed by atoms with Gasteiger partial charge in [0.1, 0.15) is 0 Å². The molecule has 0 fully saturated rings. The van der Waals surface area contributed by atoms with Crippen molar-refractivity contribution in [2.75, 3.05) is 12.3 Å². The van der Waals surface area contributed by atoms with Crippen LogP contribution in [-0.4, -0.2) is 38.7 Å². The number of carbonyl (C=O) groups is 2. The van der Waals surface area contributed by atoms with E-state index in [1.165, 1.54) is 0 Å². The maximum Gasteiger partial charge on any atom is 0.311 e. The molecule has 0 spiro atoms. The van der Waals surface area contributed by atoms with Gasteiger partial charge in [-0.3, -0.25) is 14.7 Å². The third kappa shape index (κ3) is 2.76. The Morgan fingerprint density at radius 3 is 2.44 bits per heavy atom. The Kier molecular flexibility index (Phi) is 4.24. The second-order valence-electron chi connectivity index (χ2n) is 4.02. The number of rotatable bonds is 6. The Labute approximate surface area is 104 Å². The fourth-order valence-corrected chi connectivity index (χ4v) is 1.59. The van der Waals surface area contributed by atoms with Gasteiger partial charge in [-0.2, -0.15) is 4.98 Å². The number of hydrogen-bond acceptors (Lipinski definition) is 5. The number of carboxylic acids is 1. The summed E-state index contributed by atoms with van der Waals surface area (Å²) in [6.07, 6.45) is 0.856. The molecule has 1 amide bonds. The molecule has 0 radical (unpaired) electrons. The zero-order valence-corrected chi connectivity index (χ0v) is 10.4. The van der Waals surface area contributed by atoms with Crippen LogP contribution in [0.3, 0.4) is 0 Å². The molecule has 8 nitrogen and oxygen atoms in total. The molecule has 0 atom stereocenters. The first-order valence-electron chi connectivity index (χ1n) is 5.64. The minimum Gasteiger partial charge on any atom is -0.481 e. The number of nitrogen functional groups attached to an aromatic ring is 1. The number of nitrogens with two attached hydrogens (primary N) is 1. The van der Waals surface area contributed by atoms with Gasteiger partial charge in [-0.15, -0.1) is 5.10 Å². The van der Waals surface area contributed by atoms with E-state index < -0.39 is 17.3 Å². The van der Waals surface area contributed by atoms with E-state index in [4.69, 9.17) is 5.73 Å². The van der Waals surface area contributed by atoms with Crippen LogP contribution in [0.25, 0.3) is 0 Å². The molecular formula is C10H17N5O3. The topological polar surface area (TPSA) is 134 Å². The van der Waals surface area contributed by atoms with Gasteiger partial charge in [0.15, 0.2) is 0 Å². The molecule has 8 heteroatoms. The smallest absolute Gasteiger partial charge is 0.311 e. The van der Waals surface area contributed by atoms with Crippen LogP contribution in [0.4, 0.5) is 5.95 Å². The Morgan fingerprint density at radius 1 is 1.44 bits per heavy atom. The van der Waals surface area contributed by atoms with Gasteiger partial charge in [-0.1, -0.05) is 13.8 Å². The minimum absolute atomic E-state index is 0.0287. The molecule has 0 unspecified atom stereocenters. The number of amides is 1. The summed E-state index contributed by atoms with van der Waals surface area (Å²) in [5, 5.41) is 17.6. The summed E-state index contributed by atoms with van der Waals surface area (Å²) in [6, 6.07) is 0. The number of aromatic nitrogens is 3. The van der Waals surface area contributed by atoms with Crippen molar-refractivity contribution < 1.29 is 14.7 Å². The number of nitrogens with zero attached hydrogens (tertiary/aromatic N) is 2. The van der Waals surface area contributed by atoms with Crippen molar-refractivity contribution in [1.29, 1.82) is 0 Å². The van der Waals surface area contributed by atoms with Crippen molar-refractivity contribution >= 4 is 17.8 Å². The number of H-pyrrole nitrogens is 1. The summed E-state index contributed by atoms with van der Waals surface area (Å²) in [5.74, 6) is -1.51. The van der Waals surface area contributed by atoms with E-state index in [0.29, 0.717) is 12.8 Å². The maximum absolute atomic E-state index is 11.7. The quantitative estimate of drug-likeness (QED) is 0.565. The Bertz CT molecular complexity index is 438. The summed E-state index contributed by atoms with van der Waals surface area (Å²) in [4.78, 5) is 26.6. The highest BCUT2D eigenvalue weighted by Gasteiger charge is 2.35. The van der Waals surface area contributed by atoms with E-state index in [-0.39, 0.29) is 18.3 Å². The van der Waals surface area contributed by atoms with Crippen LogP contribution in [0.2, 0.25) is 0 Å². The summed E-state index contributed by atoms with van der Waals surface area (Å²) in [5.41, 5.74) is 4.31. The second kappa shape index (κ2) is 5.48. The van der Waals surface area contributed by atoms with Gasteiger partial charge in [0.25, 0.3) is 5.91 Å². The molecule has 1 aromatic rings. The molecule has 0 bridgehead atoms. The lowest BCUT2D eigenvalue weighted by Gasteiger charge is -2.26. The first kappa shape index (κ1) is 13.9. The Hall–Kier alpha value is -2.12. The molecular weight excluding hydrogens is 238 g/mol. The number of hydrogen-bond donors (Lipinski definition) is 4. The normalized spacial score (nSPS) is 11.2. The first-order valence-corrected chi connectivity index (χ1v) is 5.64. The molecule has 100 valence electrons. The predicted molar refractivity (Wildman–Crippen MR) is 63.8 cm³/mol. The van der Waals surface area contributed by atoms with Gasteiger partial charge in [0.2, 0.25) is 11.8 Å². The van der Waals surface area contributed by atoms with Crippen LogP contribution in [0.5, 0.6) is 0 Å². The molecule has 0 saturated carbocycles. The molecule has 0 saturated heterocycles. The molecule has 0 aromatic carbocycles. The lowest BCUT2D eigenvalue weighted by atomic mass is 9.82. The van der Waals surface area contributed by atoms with Crippen LogP contribution in [0.15, 0.2) is 0 Å². The van der Waals surface area contributed by atoms with Crippen molar-refractivity contribution in [2.45, 2.75) is 26.7 Å². The molecule has 18 heavy (non-hydrogen) atoms. The average molecular weight is 255 g/mol. The zero-order valence-electron chi connectivity index (χ0n) is 10.4. The SMILES string of the molecule is CCC(CC)(CNC(=O)c1nc(N)n[nH]1)C(=O)O. The van der Waals surface area contributed by atoms with Gasteiger partial charge < -0.3 is 16.2 Å². The molecule has 0 aliphatic heterocycles. The van der Waals surface area contributed by atoms with Gasteiger partial charge in [-0.25, -0.2) is 0 Å². The average Bonchev–Trinajstić information content (AvgIpc) is 2.77. The van der Waals surface area contributed by atoms with E-state index >= 15 is 0 Å². The van der Waals surface area contributed by atoms with Crippen LogP contribution in [-0.2, 0) is 4.79 Å². The summed E-state index contributed by atoms with van der Waals surface area (Å²) in [7, 11) is 0. The molecule has 5 N–H and O–H groups in total. The third-order valence-electron chi connectivity index (χ3n) is 3.11. The highest BCUT2D eigenvalue weighted by atomic mass is 16.4. The second-order valence-corrected chi connectivity index (χ2v) is 4.02. The lowest BCUT2D eigenvalue weighted by Crippen LogP contribution is -2.42. The molecule has 1 heterocycles. The van der Waals surface area contributed by atoms with Crippen molar-refractivity contribution in [3.63, 3.8) is 0 Å². The third-order valence-corrected chi connectivity index (χ3v) is 3.11. The minimum atomic E-state index is -0.957. The van der Waals surface area contributed by atoms with Crippen molar-refractivity contribution in [2.24, 2.45) is 5.41 Å². The van der Waals surface area contributed by atoms with Gasteiger partial charge in [-0.05, 0) is 12.8 Å². The van der Waals surface area contributed by atoms with E-state index in [2.05, 4.69) is 20.5 Å². The van der Waals surface area contributed by atoms with Crippen LogP contribution in [0, 0.1) is 5.41 Å². The van der Waals surface area contributed by atoms with Crippen molar-refractivity contribution in [1.82, 2.24) is 20.5 Å². The first-order chi connectivity index (χ1) is 8.45. The Balaban J connectivity index is 2.69. The van der Waals surface area contributed by atoms with Crippen LogP contribution in [0.1, 0.15) is 37.3 Å². The highest BCUT2D eigenvalue weighted by molar-refractivity contribution is 5.91. The number of carbonyl (C=O) groups excluding carboxylic acids is 1. The fourth-order valence-electron chi connectivity index (χ4n) is 1.59. The summed E-state index contributed by atoms with van der Waals surface area (Å²) in [6.45, 7) is 3.58. The van der Waals surface area contributed by atoms with E-state index in [1.807, 2.05) is 0 Å². The van der Waals surface area contributed by atoms with Gasteiger partial charge in [0.05, 0.1) is 5.41 Å². The largest absolute Gasteiger partial charge is 0.481 e. The van der Waals surface area contributed by atoms with E-state index in [0.717, 1.165) is 0 Å².